The molecule has 0 aliphatic rings. The molecule has 0 saturated carbocycles. The van der Waals surface area contributed by atoms with Gasteiger partial charge in [-0.25, -0.2) is 0 Å². The summed E-state index contributed by atoms with van der Waals surface area (Å²) in [7, 11) is 0. The predicted molar refractivity (Wildman–Crippen MR) is 81.0 cm³/mol. The van der Waals surface area contributed by atoms with Gasteiger partial charge in [0, 0.05) is 28.9 Å². The van der Waals surface area contributed by atoms with E-state index in [2.05, 4.69) is 11.9 Å². The maximum Gasteiger partial charge on any atom is 0.193 e. The molecule has 0 aliphatic heterocycles. The van der Waals surface area contributed by atoms with Gasteiger partial charge in [0.2, 0.25) is 0 Å². The number of carbonyl (C=O) groups is 1. The highest BCUT2D eigenvalue weighted by Crippen LogP contribution is 2.20. The molecule has 3 aromatic rings. The average molecular weight is 261 g/mol. The first-order valence-electron chi connectivity index (χ1n) is 6.76. The quantitative estimate of drug-likeness (QED) is 0.666. The van der Waals surface area contributed by atoms with Gasteiger partial charge in [-0.05, 0) is 23.4 Å². The van der Waals surface area contributed by atoms with Crippen molar-refractivity contribution in [3.63, 3.8) is 0 Å². The van der Waals surface area contributed by atoms with E-state index >= 15 is 0 Å². The number of rotatable bonds is 3. The van der Waals surface area contributed by atoms with Crippen LogP contribution in [0, 0.1) is 0 Å². The van der Waals surface area contributed by atoms with Crippen molar-refractivity contribution >= 4 is 16.6 Å². The Labute approximate surface area is 118 Å². The molecule has 0 amide bonds. The monoisotopic (exact) mass is 261 g/mol. The van der Waals surface area contributed by atoms with Gasteiger partial charge in [-0.1, -0.05) is 49.4 Å². The van der Waals surface area contributed by atoms with Crippen molar-refractivity contribution in [2.24, 2.45) is 0 Å². The zero-order chi connectivity index (χ0) is 13.9. The van der Waals surface area contributed by atoms with Crippen molar-refractivity contribution in [2.75, 3.05) is 0 Å². The maximum absolute atomic E-state index is 12.6. The summed E-state index contributed by atoms with van der Waals surface area (Å²) < 4.78 is 0. The molecule has 2 aromatic carbocycles. The molecular formula is C18H15NO. The number of aromatic nitrogens is 1. The lowest BCUT2D eigenvalue weighted by Crippen LogP contribution is -2.02. The van der Waals surface area contributed by atoms with Crippen molar-refractivity contribution in [1.29, 1.82) is 0 Å². The van der Waals surface area contributed by atoms with E-state index in [9.17, 15) is 4.79 Å². The highest BCUT2D eigenvalue weighted by atomic mass is 16.1. The summed E-state index contributed by atoms with van der Waals surface area (Å²) in [6, 6.07) is 15.5. The normalized spacial score (nSPS) is 10.7. The molecule has 0 bridgehead atoms. The summed E-state index contributed by atoms with van der Waals surface area (Å²) in [6.45, 7) is 2.10. The van der Waals surface area contributed by atoms with Crippen molar-refractivity contribution in [3.8, 4) is 0 Å². The minimum absolute atomic E-state index is 0.0475. The van der Waals surface area contributed by atoms with Gasteiger partial charge in [0.05, 0.1) is 0 Å². The summed E-state index contributed by atoms with van der Waals surface area (Å²) in [5.74, 6) is 0.0475. The van der Waals surface area contributed by atoms with Gasteiger partial charge in [-0.2, -0.15) is 0 Å². The first-order valence-corrected chi connectivity index (χ1v) is 6.76. The summed E-state index contributed by atoms with van der Waals surface area (Å²) in [5.41, 5.74) is 2.67. The standard InChI is InChI=1S/C18H15NO/c1-2-13-6-8-15(9-7-13)18(20)16-5-3-4-14-10-11-19-12-17(14)16/h3-12H,2H2,1H3. The number of pyridine rings is 1. The van der Waals surface area contributed by atoms with Gasteiger partial charge in [0.25, 0.3) is 0 Å². The van der Waals surface area contributed by atoms with Crippen LogP contribution < -0.4 is 0 Å². The van der Waals surface area contributed by atoms with Crippen LogP contribution in [0.15, 0.2) is 60.9 Å². The second-order valence-corrected chi connectivity index (χ2v) is 4.78. The third kappa shape index (κ3) is 2.21. The summed E-state index contributed by atoms with van der Waals surface area (Å²) >= 11 is 0. The van der Waals surface area contributed by atoms with Crippen LogP contribution in [0.25, 0.3) is 10.8 Å². The second-order valence-electron chi connectivity index (χ2n) is 4.78. The fourth-order valence-electron chi connectivity index (χ4n) is 2.36. The van der Waals surface area contributed by atoms with Gasteiger partial charge < -0.3 is 0 Å². The Balaban J connectivity index is 2.07. The highest BCUT2D eigenvalue weighted by Gasteiger charge is 2.12. The van der Waals surface area contributed by atoms with Crippen LogP contribution in [0.1, 0.15) is 28.4 Å². The molecule has 20 heavy (non-hydrogen) atoms. The number of hydrogen-bond acceptors (Lipinski definition) is 2. The van der Waals surface area contributed by atoms with Gasteiger partial charge >= 0.3 is 0 Å². The number of carbonyl (C=O) groups excluding carboxylic acids is 1. The minimum Gasteiger partial charge on any atom is -0.289 e. The van der Waals surface area contributed by atoms with Crippen LogP contribution >= 0.6 is 0 Å². The Hall–Kier alpha value is -2.48. The third-order valence-corrected chi connectivity index (χ3v) is 3.55. The fourth-order valence-corrected chi connectivity index (χ4v) is 2.36. The van der Waals surface area contributed by atoms with Gasteiger partial charge in [-0.15, -0.1) is 0 Å². The average Bonchev–Trinajstić information content (AvgIpc) is 2.54. The molecule has 0 aliphatic carbocycles. The largest absolute Gasteiger partial charge is 0.289 e. The van der Waals surface area contributed by atoms with Gasteiger partial charge in [-0.3, -0.25) is 9.78 Å². The Kier molecular flexibility index (Phi) is 3.30. The third-order valence-electron chi connectivity index (χ3n) is 3.55. The van der Waals surface area contributed by atoms with E-state index in [1.807, 2.05) is 48.5 Å². The Morgan fingerprint density at radius 3 is 2.60 bits per heavy atom. The molecule has 1 heterocycles. The smallest absolute Gasteiger partial charge is 0.193 e. The van der Waals surface area contributed by atoms with E-state index in [1.54, 1.807) is 12.4 Å². The Morgan fingerprint density at radius 2 is 1.85 bits per heavy atom. The van der Waals surface area contributed by atoms with E-state index in [4.69, 9.17) is 0 Å². The van der Waals surface area contributed by atoms with Crippen molar-refractivity contribution < 1.29 is 4.79 Å². The molecule has 3 rings (SSSR count). The molecular weight excluding hydrogens is 246 g/mol. The van der Waals surface area contributed by atoms with E-state index < -0.39 is 0 Å². The van der Waals surface area contributed by atoms with Crippen LogP contribution in [0.3, 0.4) is 0 Å². The van der Waals surface area contributed by atoms with Crippen LogP contribution in [0.4, 0.5) is 0 Å². The van der Waals surface area contributed by atoms with E-state index in [1.165, 1.54) is 5.56 Å². The lowest BCUT2D eigenvalue weighted by Gasteiger charge is -2.06. The van der Waals surface area contributed by atoms with Crippen molar-refractivity contribution in [2.45, 2.75) is 13.3 Å². The molecule has 0 N–H and O–H groups in total. The lowest BCUT2D eigenvalue weighted by molar-refractivity contribution is 0.104. The molecule has 98 valence electrons. The fraction of sp³-hybridized carbons (Fsp3) is 0.111. The second kappa shape index (κ2) is 5.25. The number of benzene rings is 2. The number of aryl methyl sites for hydroxylation is 1. The molecule has 0 spiro atoms. The van der Waals surface area contributed by atoms with Gasteiger partial charge in [0.15, 0.2) is 5.78 Å². The first-order chi connectivity index (χ1) is 9.79. The molecule has 0 fully saturated rings. The minimum atomic E-state index is 0.0475. The van der Waals surface area contributed by atoms with Crippen LogP contribution in [0.5, 0.6) is 0 Å². The van der Waals surface area contributed by atoms with E-state index in [0.29, 0.717) is 5.56 Å². The van der Waals surface area contributed by atoms with Crippen LogP contribution in [-0.2, 0) is 6.42 Å². The number of nitrogens with zero attached hydrogens (tertiary/aromatic N) is 1. The van der Waals surface area contributed by atoms with E-state index in [-0.39, 0.29) is 5.78 Å². The first kappa shape index (κ1) is 12.5. The van der Waals surface area contributed by atoms with Crippen LogP contribution in [-0.4, -0.2) is 10.8 Å². The predicted octanol–water partition coefficient (Wildman–Crippen LogP) is 4.03. The molecule has 0 unspecified atom stereocenters. The number of fused-ring (bicyclic) bond motifs is 1. The van der Waals surface area contributed by atoms with Crippen molar-refractivity contribution in [1.82, 2.24) is 4.98 Å². The molecule has 0 atom stereocenters. The zero-order valence-electron chi connectivity index (χ0n) is 11.3. The Morgan fingerprint density at radius 1 is 1.05 bits per heavy atom. The SMILES string of the molecule is CCc1ccc(C(=O)c2cccc3ccncc23)cc1. The molecule has 2 nitrogen and oxygen atoms in total. The zero-order valence-corrected chi connectivity index (χ0v) is 11.3. The molecule has 0 saturated heterocycles. The lowest BCUT2D eigenvalue weighted by atomic mass is 9.97. The summed E-state index contributed by atoms with van der Waals surface area (Å²) in [6.07, 6.45) is 4.47. The Bertz CT molecular complexity index is 754. The molecule has 2 heteroatoms. The van der Waals surface area contributed by atoms with E-state index in [0.717, 1.165) is 22.8 Å². The number of ketones is 1. The van der Waals surface area contributed by atoms with Gasteiger partial charge in [0.1, 0.15) is 0 Å². The van der Waals surface area contributed by atoms with Crippen molar-refractivity contribution in [3.05, 3.63) is 77.6 Å². The van der Waals surface area contributed by atoms with Crippen LogP contribution in [0.2, 0.25) is 0 Å². The summed E-state index contributed by atoms with van der Waals surface area (Å²) in [4.78, 5) is 16.8. The highest BCUT2D eigenvalue weighted by molar-refractivity contribution is 6.16. The molecule has 1 aromatic heterocycles. The molecule has 0 radical (unpaired) electrons. The number of hydrogen-bond donors (Lipinski definition) is 0. The summed E-state index contributed by atoms with van der Waals surface area (Å²) in [5, 5.41) is 1.94. The topological polar surface area (TPSA) is 30.0 Å². The maximum atomic E-state index is 12.6.